The number of benzene rings is 1. The first-order valence-electron chi connectivity index (χ1n) is 5.22. The van der Waals surface area contributed by atoms with Gasteiger partial charge in [-0.1, -0.05) is 32.0 Å². The lowest BCUT2D eigenvalue weighted by Gasteiger charge is -2.14. The summed E-state index contributed by atoms with van der Waals surface area (Å²) >= 11 is 0. The van der Waals surface area contributed by atoms with Gasteiger partial charge in [0, 0.05) is 12.1 Å². The van der Waals surface area contributed by atoms with E-state index in [1.54, 1.807) is 6.07 Å². The van der Waals surface area contributed by atoms with E-state index >= 15 is 0 Å². The number of ether oxygens (including phenoxy) is 1. The van der Waals surface area contributed by atoms with Crippen LogP contribution in [0.2, 0.25) is 0 Å². The van der Waals surface area contributed by atoms with Crippen molar-refractivity contribution < 1.29 is 9.53 Å². The Morgan fingerprint density at radius 1 is 1.40 bits per heavy atom. The molecule has 0 radical (unpaired) electrons. The van der Waals surface area contributed by atoms with E-state index in [2.05, 4.69) is 19.2 Å². The molecule has 1 heterocycles. The topological polar surface area (TPSA) is 38.3 Å². The Labute approximate surface area is 89.4 Å². The minimum atomic E-state index is -0.268. The number of hydrogen-bond acceptors (Lipinski definition) is 3. The molecular formula is C12H15NO2. The molecule has 3 nitrogen and oxygen atoms in total. The van der Waals surface area contributed by atoms with Gasteiger partial charge in [-0.3, -0.25) is 5.32 Å². The minimum Gasteiger partial charge on any atom is -0.439 e. The molecule has 0 aliphatic carbocycles. The van der Waals surface area contributed by atoms with Crippen LogP contribution in [-0.4, -0.2) is 12.5 Å². The molecular weight excluding hydrogens is 190 g/mol. The van der Waals surface area contributed by atoms with Crippen molar-refractivity contribution >= 4 is 5.97 Å². The zero-order chi connectivity index (χ0) is 10.8. The van der Waals surface area contributed by atoms with Crippen LogP contribution in [0.4, 0.5) is 0 Å². The van der Waals surface area contributed by atoms with Crippen molar-refractivity contribution in [3.63, 3.8) is 0 Å². The van der Waals surface area contributed by atoms with Crippen molar-refractivity contribution in [2.75, 3.05) is 6.54 Å². The summed E-state index contributed by atoms with van der Waals surface area (Å²) in [7, 11) is 0. The summed E-state index contributed by atoms with van der Waals surface area (Å²) in [6.45, 7) is 5.08. The number of nitrogens with one attached hydrogen (secondary N) is 1. The Morgan fingerprint density at radius 2 is 2.13 bits per heavy atom. The molecule has 80 valence electrons. The van der Waals surface area contributed by atoms with E-state index in [1.165, 1.54) is 0 Å². The molecule has 0 aromatic heterocycles. The highest BCUT2D eigenvalue weighted by molar-refractivity contribution is 5.93. The van der Waals surface area contributed by atoms with Crippen molar-refractivity contribution in [1.82, 2.24) is 5.32 Å². The largest absolute Gasteiger partial charge is 0.439 e. The van der Waals surface area contributed by atoms with Gasteiger partial charge in [-0.05, 0) is 12.0 Å². The third-order valence-electron chi connectivity index (χ3n) is 2.40. The van der Waals surface area contributed by atoms with Crippen LogP contribution in [0.25, 0.3) is 0 Å². The molecule has 0 spiro atoms. The summed E-state index contributed by atoms with van der Waals surface area (Å²) < 4.78 is 5.23. The van der Waals surface area contributed by atoms with E-state index < -0.39 is 0 Å². The van der Waals surface area contributed by atoms with Gasteiger partial charge in [0.15, 0.2) is 6.23 Å². The van der Waals surface area contributed by atoms with Crippen molar-refractivity contribution in [2.24, 2.45) is 5.92 Å². The van der Waals surface area contributed by atoms with Gasteiger partial charge in [0.25, 0.3) is 0 Å². The smallest absolute Gasteiger partial charge is 0.340 e. The van der Waals surface area contributed by atoms with E-state index in [0.717, 1.165) is 12.1 Å². The second-order valence-electron chi connectivity index (χ2n) is 4.17. The van der Waals surface area contributed by atoms with E-state index in [9.17, 15) is 4.79 Å². The Kier molecular flexibility index (Phi) is 2.73. The van der Waals surface area contributed by atoms with E-state index in [0.29, 0.717) is 11.5 Å². The number of fused-ring (bicyclic) bond motifs is 1. The quantitative estimate of drug-likeness (QED) is 0.768. The van der Waals surface area contributed by atoms with Crippen LogP contribution in [0, 0.1) is 5.92 Å². The predicted molar refractivity (Wildman–Crippen MR) is 57.4 cm³/mol. The Hall–Kier alpha value is -1.35. The molecule has 15 heavy (non-hydrogen) atoms. The van der Waals surface area contributed by atoms with Gasteiger partial charge in [0.05, 0.1) is 5.56 Å². The maximum absolute atomic E-state index is 11.5. The molecule has 3 heteroatoms. The molecule has 0 bridgehead atoms. The Balaban J connectivity index is 2.14. The number of hydrogen-bond donors (Lipinski definition) is 1. The lowest BCUT2D eigenvalue weighted by atomic mass is 10.1. The molecule has 1 unspecified atom stereocenters. The first-order chi connectivity index (χ1) is 7.18. The van der Waals surface area contributed by atoms with Crippen molar-refractivity contribution in [3.05, 3.63) is 35.4 Å². The fourth-order valence-corrected chi connectivity index (χ4v) is 1.64. The van der Waals surface area contributed by atoms with E-state index in [-0.39, 0.29) is 12.2 Å². The molecule has 1 aliphatic heterocycles. The fraction of sp³-hybridized carbons (Fsp3) is 0.417. The summed E-state index contributed by atoms with van der Waals surface area (Å²) in [5, 5.41) is 3.22. The van der Waals surface area contributed by atoms with Gasteiger partial charge < -0.3 is 4.74 Å². The number of carbonyl (C=O) groups is 1. The molecule has 1 aliphatic rings. The molecule has 0 amide bonds. The molecule has 1 atom stereocenters. The lowest BCUT2D eigenvalue weighted by Crippen LogP contribution is -2.25. The maximum atomic E-state index is 11.5. The van der Waals surface area contributed by atoms with Gasteiger partial charge in [-0.2, -0.15) is 0 Å². The molecule has 0 saturated heterocycles. The van der Waals surface area contributed by atoms with Gasteiger partial charge >= 0.3 is 5.97 Å². The Bertz CT molecular complexity index is 374. The second kappa shape index (κ2) is 4.03. The molecule has 0 saturated carbocycles. The maximum Gasteiger partial charge on any atom is 0.340 e. The molecule has 1 aromatic rings. The summed E-state index contributed by atoms with van der Waals surface area (Å²) in [6, 6.07) is 7.50. The minimum absolute atomic E-state index is 0.230. The first kappa shape index (κ1) is 10.2. The number of rotatable bonds is 3. The molecule has 1 aromatic carbocycles. The Morgan fingerprint density at radius 3 is 2.87 bits per heavy atom. The highest BCUT2D eigenvalue weighted by Crippen LogP contribution is 2.28. The van der Waals surface area contributed by atoms with Crippen LogP contribution in [0.3, 0.4) is 0 Å². The highest BCUT2D eigenvalue weighted by atomic mass is 16.6. The fourth-order valence-electron chi connectivity index (χ4n) is 1.64. The zero-order valence-electron chi connectivity index (χ0n) is 8.99. The van der Waals surface area contributed by atoms with Crippen LogP contribution >= 0.6 is 0 Å². The monoisotopic (exact) mass is 205 g/mol. The van der Waals surface area contributed by atoms with E-state index in [1.807, 2.05) is 18.2 Å². The average Bonchev–Trinajstić information content (AvgIpc) is 2.54. The molecule has 2 rings (SSSR count). The average molecular weight is 205 g/mol. The van der Waals surface area contributed by atoms with Gasteiger partial charge in [0.2, 0.25) is 0 Å². The third kappa shape index (κ3) is 2.02. The first-order valence-corrected chi connectivity index (χ1v) is 5.22. The number of cyclic esters (lactones) is 1. The third-order valence-corrected chi connectivity index (χ3v) is 2.40. The summed E-state index contributed by atoms with van der Waals surface area (Å²) in [5.41, 5.74) is 1.63. The van der Waals surface area contributed by atoms with Crippen molar-refractivity contribution in [1.29, 1.82) is 0 Å². The predicted octanol–water partition coefficient (Wildman–Crippen LogP) is 2.10. The van der Waals surface area contributed by atoms with Crippen LogP contribution in [0.15, 0.2) is 24.3 Å². The SMILES string of the molecule is CC(C)CNC1OC(=O)c2ccccc21. The van der Waals surface area contributed by atoms with Crippen LogP contribution < -0.4 is 5.32 Å². The summed E-state index contributed by atoms with van der Waals surface area (Å²) in [5.74, 6) is 0.309. The lowest BCUT2D eigenvalue weighted by molar-refractivity contribution is 0.0301. The normalized spacial score (nSPS) is 19.1. The van der Waals surface area contributed by atoms with Gasteiger partial charge in [0.1, 0.15) is 0 Å². The number of carbonyl (C=O) groups excluding carboxylic acids is 1. The van der Waals surface area contributed by atoms with Gasteiger partial charge in [-0.25, -0.2) is 4.79 Å². The van der Waals surface area contributed by atoms with Crippen LogP contribution in [0.1, 0.15) is 36.0 Å². The van der Waals surface area contributed by atoms with Gasteiger partial charge in [-0.15, -0.1) is 0 Å². The number of esters is 1. The molecule has 0 fully saturated rings. The summed E-state index contributed by atoms with van der Waals surface area (Å²) in [4.78, 5) is 11.5. The zero-order valence-corrected chi connectivity index (χ0v) is 8.99. The van der Waals surface area contributed by atoms with Crippen molar-refractivity contribution in [3.8, 4) is 0 Å². The van der Waals surface area contributed by atoms with Crippen molar-refractivity contribution in [2.45, 2.75) is 20.1 Å². The highest BCUT2D eigenvalue weighted by Gasteiger charge is 2.29. The second-order valence-corrected chi connectivity index (χ2v) is 4.17. The summed E-state index contributed by atoms with van der Waals surface area (Å²) in [6.07, 6.45) is -0.268. The van der Waals surface area contributed by atoms with Crippen LogP contribution in [0.5, 0.6) is 0 Å². The molecule has 1 N–H and O–H groups in total. The van der Waals surface area contributed by atoms with Crippen LogP contribution in [-0.2, 0) is 4.74 Å². The standard InChI is InChI=1S/C12H15NO2/c1-8(2)7-13-11-9-5-3-4-6-10(9)12(14)15-11/h3-6,8,11,13H,7H2,1-2H3. The van der Waals surface area contributed by atoms with E-state index in [4.69, 9.17) is 4.74 Å².